The van der Waals surface area contributed by atoms with Crippen LogP contribution in [0.5, 0.6) is 5.75 Å². The minimum absolute atomic E-state index is 0.0150. The molecule has 2 aromatic carbocycles. The van der Waals surface area contributed by atoms with E-state index in [2.05, 4.69) is 15.1 Å². The van der Waals surface area contributed by atoms with Crippen molar-refractivity contribution in [2.24, 2.45) is 0 Å². The third-order valence-corrected chi connectivity index (χ3v) is 6.44. The summed E-state index contributed by atoms with van der Waals surface area (Å²) in [5.41, 5.74) is 3.18. The number of carbonyl (C=O) groups excluding carboxylic acids is 1. The molecule has 5 aromatic rings. The second-order valence-electron chi connectivity index (χ2n) is 8.80. The zero-order valence-electron chi connectivity index (χ0n) is 20.0. The highest BCUT2D eigenvalue weighted by Gasteiger charge is 2.26. The molecule has 0 radical (unpaired) electrons. The normalized spacial score (nSPS) is 13.2. The van der Waals surface area contributed by atoms with Gasteiger partial charge in [0.15, 0.2) is 5.82 Å². The molecule has 1 aliphatic heterocycles. The van der Waals surface area contributed by atoms with Gasteiger partial charge in [-0.15, -0.1) is 0 Å². The van der Waals surface area contributed by atoms with Crippen molar-refractivity contribution in [3.8, 4) is 5.75 Å². The van der Waals surface area contributed by atoms with Crippen LogP contribution in [0.25, 0.3) is 21.9 Å². The van der Waals surface area contributed by atoms with Crippen molar-refractivity contribution in [2.75, 3.05) is 18.1 Å². The molecule has 0 bridgehead atoms. The smallest absolute Gasteiger partial charge is 0.278 e. The first-order valence-corrected chi connectivity index (χ1v) is 11.8. The summed E-state index contributed by atoms with van der Waals surface area (Å²) >= 11 is 0. The molecule has 36 heavy (non-hydrogen) atoms. The van der Waals surface area contributed by atoms with Gasteiger partial charge in [0, 0.05) is 11.8 Å². The summed E-state index contributed by atoms with van der Waals surface area (Å²) in [7, 11) is 0. The molecule has 1 amide bonds. The van der Waals surface area contributed by atoms with Gasteiger partial charge < -0.3 is 18.7 Å². The first-order valence-electron chi connectivity index (χ1n) is 11.8. The van der Waals surface area contributed by atoms with Gasteiger partial charge in [-0.1, -0.05) is 36.3 Å². The summed E-state index contributed by atoms with van der Waals surface area (Å²) in [5.74, 6) is 1.45. The number of ether oxygens (including phenoxy) is 1. The molecule has 0 spiro atoms. The topological polar surface area (TPSA) is 108 Å². The highest BCUT2D eigenvalue weighted by Crippen LogP contribution is 2.33. The summed E-state index contributed by atoms with van der Waals surface area (Å²) in [6.07, 6.45) is 2.12. The highest BCUT2D eigenvalue weighted by atomic mass is 16.5. The molecule has 182 valence electrons. The summed E-state index contributed by atoms with van der Waals surface area (Å²) in [5, 5.41) is 4.72. The van der Waals surface area contributed by atoms with Gasteiger partial charge in [0.25, 0.3) is 5.56 Å². The number of hydrogen-bond acceptors (Lipinski definition) is 7. The number of anilines is 1. The van der Waals surface area contributed by atoms with E-state index in [0.29, 0.717) is 48.1 Å². The van der Waals surface area contributed by atoms with Crippen LogP contribution in [-0.2, 0) is 24.3 Å². The molecule has 6 rings (SSSR count). The maximum atomic E-state index is 13.7. The predicted octanol–water partition coefficient (Wildman–Crippen LogP) is 3.08. The first kappa shape index (κ1) is 22.0. The largest absolute Gasteiger partial charge is 0.490 e. The zero-order valence-corrected chi connectivity index (χ0v) is 20.0. The van der Waals surface area contributed by atoms with E-state index in [1.165, 1.54) is 10.9 Å². The summed E-state index contributed by atoms with van der Waals surface area (Å²) in [6, 6.07) is 13.4. The predicted molar refractivity (Wildman–Crippen MR) is 133 cm³/mol. The van der Waals surface area contributed by atoms with Gasteiger partial charge in [0.05, 0.1) is 24.1 Å². The fourth-order valence-electron chi connectivity index (χ4n) is 4.68. The number of carbonyl (C=O) groups is 1. The molecule has 4 heterocycles. The maximum Gasteiger partial charge on any atom is 0.278 e. The Morgan fingerprint density at radius 2 is 2.03 bits per heavy atom. The molecule has 10 nitrogen and oxygen atoms in total. The summed E-state index contributed by atoms with van der Waals surface area (Å²) < 4.78 is 14.2. The zero-order chi connectivity index (χ0) is 24.8. The molecule has 0 N–H and O–H groups in total. The Morgan fingerprint density at radius 1 is 1.17 bits per heavy atom. The molecule has 0 fully saturated rings. The fourth-order valence-corrected chi connectivity index (χ4v) is 4.68. The molecule has 0 aliphatic carbocycles. The van der Waals surface area contributed by atoms with Crippen molar-refractivity contribution < 1.29 is 14.1 Å². The Hall–Kier alpha value is -4.47. The van der Waals surface area contributed by atoms with Gasteiger partial charge >= 0.3 is 0 Å². The number of nitrogens with zero attached hydrogens (tertiary/aromatic N) is 6. The molecular weight excluding hydrogens is 460 g/mol. The lowest BCUT2D eigenvalue weighted by atomic mass is 10.1. The quantitative estimate of drug-likeness (QED) is 0.377. The molecule has 10 heteroatoms. The molecule has 1 aliphatic rings. The van der Waals surface area contributed by atoms with Crippen LogP contribution in [0.15, 0.2) is 58.1 Å². The van der Waals surface area contributed by atoms with Crippen LogP contribution in [0.3, 0.4) is 0 Å². The summed E-state index contributed by atoms with van der Waals surface area (Å²) in [6.45, 7) is 4.84. The fraction of sp³-hybridized carbons (Fsp3) is 0.269. The second-order valence-corrected chi connectivity index (χ2v) is 8.80. The molecule has 0 atom stereocenters. The summed E-state index contributed by atoms with van der Waals surface area (Å²) in [4.78, 5) is 37.9. The van der Waals surface area contributed by atoms with Crippen molar-refractivity contribution in [2.45, 2.75) is 33.4 Å². The molecule has 3 aromatic heterocycles. The number of aryl methyl sites for hydroxylation is 2. The first-order chi connectivity index (χ1) is 17.5. The minimum atomic E-state index is -0.279. The van der Waals surface area contributed by atoms with E-state index < -0.39 is 0 Å². The van der Waals surface area contributed by atoms with Crippen LogP contribution < -0.4 is 15.2 Å². The van der Waals surface area contributed by atoms with E-state index in [0.717, 1.165) is 22.2 Å². The van der Waals surface area contributed by atoms with Gasteiger partial charge in [-0.05, 0) is 30.7 Å². The van der Waals surface area contributed by atoms with Gasteiger partial charge in [0.1, 0.15) is 36.5 Å². The SMILES string of the molecule is CCc1noc(Cn2cnc3c4ccccc4n(CC(=O)N4CCOc5ccc(C)cc54)c3c2=O)n1. The third kappa shape index (κ3) is 3.62. The third-order valence-electron chi connectivity index (χ3n) is 6.44. The van der Waals surface area contributed by atoms with Gasteiger partial charge in [0.2, 0.25) is 11.8 Å². The highest BCUT2D eigenvalue weighted by molar-refractivity contribution is 6.07. The molecule has 0 saturated heterocycles. The molecular formula is C26H24N6O4. The Balaban J connectivity index is 1.44. The van der Waals surface area contributed by atoms with E-state index in [9.17, 15) is 9.59 Å². The van der Waals surface area contributed by atoms with Gasteiger partial charge in [-0.2, -0.15) is 4.98 Å². The lowest BCUT2D eigenvalue weighted by Crippen LogP contribution is -2.40. The Labute approximate surface area is 205 Å². The lowest BCUT2D eigenvalue weighted by Gasteiger charge is -2.30. The van der Waals surface area contributed by atoms with E-state index in [1.54, 1.807) is 9.47 Å². The number of para-hydroxylation sites is 1. The monoisotopic (exact) mass is 484 g/mol. The molecule has 0 saturated carbocycles. The number of benzene rings is 2. The van der Waals surface area contributed by atoms with Crippen molar-refractivity contribution in [3.63, 3.8) is 0 Å². The Kier molecular flexibility index (Phi) is 5.28. The second kappa shape index (κ2) is 8.63. The van der Waals surface area contributed by atoms with Crippen molar-refractivity contribution in [3.05, 3.63) is 76.4 Å². The average molecular weight is 485 g/mol. The van der Waals surface area contributed by atoms with Crippen LogP contribution in [-0.4, -0.2) is 43.3 Å². The number of aromatic nitrogens is 5. The van der Waals surface area contributed by atoms with Gasteiger partial charge in [-0.3, -0.25) is 14.2 Å². The van der Waals surface area contributed by atoms with Crippen molar-refractivity contribution >= 4 is 33.5 Å². The number of amides is 1. The van der Waals surface area contributed by atoms with E-state index >= 15 is 0 Å². The number of hydrogen-bond donors (Lipinski definition) is 0. The van der Waals surface area contributed by atoms with Crippen LogP contribution in [0.4, 0.5) is 5.69 Å². The number of rotatable bonds is 5. The molecule has 0 unspecified atom stereocenters. The van der Waals surface area contributed by atoms with Crippen LogP contribution in [0.2, 0.25) is 0 Å². The Morgan fingerprint density at radius 3 is 2.86 bits per heavy atom. The van der Waals surface area contributed by atoms with Crippen molar-refractivity contribution in [1.82, 2.24) is 24.3 Å². The van der Waals surface area contributed by atoms with Crippen molar-refractivity contribution in [1.29, 1.82) is 0 Å². The maximum absolute atomic E-state index is 13.7. The van der Waals surface area contributed by atoms with E-state index in [4.69, 9.17) is 9.26 Å². The minimum Gasteiger partial charge on any atom is -0.490 e. The average Bonchev–Trinajstić information content (AvgIpc) is 3.48. The van der Waals surface area contributed by atoms with Crippen LogP contribution >= 0.6 is 0 Å². The standard InChI is InChI=1S/C26H24N6O4/c1-3-21-28-22(36-29-21)13-30-15-27-24-17-6-4-5-7-18(17)32(25(24)26(30)34)14-23(33)31-10-11-35-20-9-8-16(2)12-19(20)31/h4-9,12,15H,3,10-11,13-14H2,1-2H3. The Bertz CT molecular complexity index is 1680. The van der Waals surface area contributed by atoms with Crippen LogP contribution in [0.1, 0.15) is 24.2 Å². The number of fused-ring (bicyclic) bond motifs is 4. The van der Waals surface area contributed by atoms with E-state index in [1.807, 2.05) is 56.3 Å². The lowest BCUT2D eigenvalue weighted by molar-refractivity contribution is -0.119. The van der Waals surface area contributed by atoms with Gasteiger partial charge in [-0.25, -0.2) is 4.98 Å². The van der Waals surface area contributed by atoms with E-state index in [-0.39, 0.29) is 24.6 Å². The van der Waals surface area contributed by atoms with Crippen LogP contribution in [0, 0.1) is 6.92 Å².